The summed E-state index contributed by atoms with van der Waals surface area (Å²) in [6, 6.07) is 6.59. The molecular formula is C28H46N2O7. The van der Waals surface area contributed by atoms with Crippen LogP contribution in [0.15, 0.2) is 24.3 Å². The van der Waals surface area contributed by atoms with Gasteiger partial charge in [0.25, 0.3) is 0 Å². The first-order chi connectivity index (χ1) is 17.4. The highest BCUT2D eigenvalue weighted by atomic mass is 16.7. The van der Waals surface area contributed by atoms with Crippen LogP contribution in [-0.2, 0) is 30.2 Å². The van der Waals surface area contributed by atoms with Crippen LogP contribution in [0.1, 0.15) is 72.8 Å². The second-order valence-electron chi connectivity index (χ2n) is 11.2. The van der Waals surface area contributed by atoms with Crippen molar-refractivity contribution in [2.75, 3.05) is 32.9 Å². The first-order valence-electron chi connectivity index (χ1n) is 13.3. The summed E-state index contributed by atoms with van der Waals surface area (Å²) < 4.78 is 27.9. The molecule has 0 aromatic heterocycles. The molecule has 1 unspecified atom stereocenters. The molecule has 1 aromatic rings. The maximum atomic E-state index is 12.7. The number of carbonyl (C=O) groups is 2. The normalized spacial score (nSPS) is 17.1. The molecule has 0 saturated carbocycles. The quantitative estimate of drug-likeness (QED) is 0.291. The highest BCUT2D eigenvalue weighted by Gasteiger charge is 2.29. The van der Waals surface area contributed by atoms with E-state index in [1.165, 1.54) is 6.42 Å². The van der Waals surface area contributed by atoms with Crippen LogP contribution in [0.25, 0.3) is 0 Å². The van der Waals surface area contributed by atoms with E-state index >= 15 is 0 Å². The number of esters is 1. The lowest BCUT2D eigenvalue weighted by Crippen LogP contribution is -2.47. The summed E-state index contributed by atoms with van der Waals surface area (Å²) >= 11 is 0. The molecule has 0 bridgehead atoms. The molecule has 1 fully saturated rings. The Balaban J connectivity index is 1.73. The fraction of sp³-hybridized carbons (Fsp3) is 0.714. The smallest absolute Gasteiger partial charge is 0.408 e. The topological polar surface area (TPSA) is 104 Å². The minimum absolute atomic E-state index is 0.0347. The first-order valence-corrected chi connectivity index (χ1v) is 13.3. The molecule has 0 radical (unpaired) electrons. The molecule has 1 amide bonds. The fourth-order valence-electron chi connectivity index (χ4n) is 3.59. The number of alkyl carbamates (subject to hydrolysis) is 1. The Kier molecular flexibility index (Phi) is 12.6. The number of amides is 1. The van der Waals surface area contributed by atoms with Gasteiger partial charge in [-0.25, -0.2) is 9.59 Å². The molecule has 1 saturated heterocycles. The van der Waals surface area contributed by atoms with E-state index in [0.29, 0.717) is 13.2 Å². The largest absolute Gasteiger partial charge is 0.492 e. The summed E-state index contributed by atoms with van der Waals surface area (Å²) in [5.41, 5.74) is -0.485. The maximum absolute atomic E-state index is 12.7. The lowest BCUT2D eigenvalue weighted by atomic mass is 10.1. The molecule has 210 valence electrons. The van der Waals surface area contributed by atoms with Gasteiger partial charge in [-0.1, -0.05) is 12.1 Å². The van der Waals surface area contributed by atoms with Crippen molar-refractivity contribution in [3.8, 4) is 5.75 Å². The number of ether oxygens (including phenoxy) is 5. The third-order valence-electron chi connectivity index (χ3n) is 5.23. The van der Waals surface area contributed by atoms with Crippen molar-refractivity contribution >= 4 is 12.1 Å². The van der Waals surface area contributed by atoms with Gasteiger partial charge in [0.2, 0.25) is 0 Å². The van der Waals surface area contributed by atoms with Crippen molar-refractivity contribution < 1.29 is 33.3 Å². The highest BCUT2D eigenvalue weighted by Crippen LogP contribution is 2.17. The highest BCUT2D eigenvalue weighted by molar-refractivity contribution is 5.82. The van der Waals surface area contributed by atoms with Crippen LogP contribution in [0.2, 0.25) is 0 Å². The molecule has 1 aliphatic rings. The van der Waals surface area contributed by atoms with E-state index in [0.717, 1.165) is 50.3 Å². The zero-order valence-corrected chi connectivity index (χ0v) is 23.4. The first kappa shape index (κ1) is 30.9. The summed E-state index contributed by atoms with van der Waals surface area (Å²) in [6.45, 7) is 14.3. The molecule has 0 spiro atoms. The van der Waals surface area contributed by atoms with Crippen LogP contribution in [0.3, 0.4) is 0 Å². The third kappa shape index (κ3) is 14.2. The number of benzene rings is 1. The fourth-order valence-corrected chi connectivity index (χ4v) is 3.59. The van der Waals surface area contributed by atoms with E-state index in [4.69, 9.17) is 23.7 Å². The van der Waals surface area contributed by atoms with Crippen molar-refractivity contribution in [3.05, 3.63) is 29.8 Å². The third-order valence-corrected chi connectivity index (χ3v) is 5.23. The van der Waals surface area contributed by atoms with Crippen molar-refractivity contribution in [1.29, 1.82) is 0 Å². The molecule has 2 atom stereocenters. The van der Waals surface area contributed by atoms with E-state index in [-0.39, 0.29) is 12.7 Å². The minimum atomic E-state index is -0.876. The molecule has 2 N–H and O–H groups in total. The molecule has 9 nitrogen and oxygen atoms in total. The Morgan fingerprint density at radius 3 is 2.30 bits per heavy atom. The zero-order chi connectivity index (χ0) is 27.3. The maximum Gasteiger partial charge on any atom is 0.408 e. The van der Waals surface area contributed by atoms with E-state index in [1.54, 1.807) is 41.5 Å². The van der Waals surface area contributed by atoms with Crippen LogP contribution in [0.5, 0.6) is 5.75 Å². The van der Waals surface area contributed by atoms with Gasteiger partial charge in [0, 0.05) is 19.6 Å². The minimum Gasteiger partial charge on any atom is -0.492 e. The number of hydrogen-bond acceptors (Lipinski definition) is 8. The Morgan fingerprint density at radius 2 is 1.68 bits per heavy atom. The van der Waals surface area contributed by atoms with Crippen LogP contribution >= 0.6 is 0 Å². The van der Waals surface area contributed by atoms with Crippen molar-refractivity contribution in [2.45, 2.75) is 97.2 Å². The standard InChI is InChI=1S/C28H46N2O7/c1-27(2,3)36-25(31)23(30-26(32)37-28(4,5)6)20-21-11-13-22(14-12-21)33-19-16-29-15-9-18-35-24-10-7-8-17-34-24/h11-14,23-24,29H,7-10,15-20H2,1-6H3,(H,30,32)/t23-,24?/m0/s1. The van der Waals surface area contributed by atoms with Gasteiger partial charge in [-0.05, 0) is 91.5 Å². The summed E-state index contributed by atoms with van der Waals surface area (Å²) in [5, 5.41) is 6.00. The van der Waals surface area contributed by atoms with Crippen molar-refractivity contribution in [2.24, 2.45) is 0 Å². The SMILES string of the molecule is CC(C)(C)OC(=O)N[C@@H](Cc1ccc(OCCNCCCOC2CCCCO2)cc1)C(=O)OC(C)(C)C. The average molecular weight is 523 g/mol. The van der Waals surface area contributed by atoms with Crippen molar-refractivity contribution in [3.63, 3.8) is 0 Å². The number of hydrogen-bond donors (Lipinski definition) is 2. The second-order valence-corrected chi connectivity index (χ2v) is 11.2. The summed E-state index contributed by atoms with van der Waals surface area (Å²) in [7, 11) is 0. The molecule has 0 aliphatic carbocycles. The van der Waals surface area contributed by atoms with Gasteiger partial charge in [-0.3, -0.25) is 0 Å². The predicted molar refractivity (Wildman–Crippen MR) is 142 cm³/mol. The molecule has 2 rings (SSSR count). The average Bonchev–Trinajstić information content (AvgIpc) is 2.79. The molecule has 1 heterocycles. The second kappa shape index (κ2) is 15.1. The molecular weight excluding hydrogens is 476 g/mol. The van der Waals surface area contributed by atoms with Gasteiger partial charge >= 0.3 is 12.1 Å². The van der Waals surface area contributed by atoms with E-state index in [1.807, 2.05) is 24.3 Å². The Bertz CT molecular complexity index is 809. The molecule has 1 aliphatic heterocycles. The van der Waals surface area contributed by atoms with Gasteiger partial charge in [-0.15, -0.1) is 0 Å². The van der Waals surface area contributed by atoms with Crippen LogP contribution in [-0.4, -0.2) is 68.5 Å². The number of nitrogens with one attached hydrogen (secondary N) is 2. The van der Waals surface area contributed by atoms with E-state index < -0.39 is 29.3 Å². The monoisotopic (exact) mass is 522 g/mol. The zero-order valence-electron chi connectivity index (χ0n) is 23.4. The van der Waals surface area contributed by atoms with Crippen molar-refractivity contribution in [1.82, 2.24) is 10.6 Å². The summed E-state index contributed by atoms with van der Waals surface area (Å²) in [5.74, 6) is 0.221. The number of rotatable bonds is 13. The Morgan fingerprint density at radius 1 is 0.973 bits per heavy atom. The lowest BCUT2D eigenvalue weighted by molar-refractivity contribution is -0.162. The summed E-state index contributed by atoms with van der Waals surface area (Å²) in [6.07, 6.45) is 3.78. The van der Waals surface area contributed by atoms with Gasteiger partial charge < -0.3 is 34.3 Å². The van der Waals surface area contributed by atoms with Gasteiger partial charge in [-0.2, -0.15) is 0 Å². The predicted octanol–water partition coefficient (Wildman–Crippen LogP) is 4.37. The Labute approximate surface area is 221 Å². The number of carbonyl (C=O) groups excluding carboxylic acids is 2. The van der Waals surface area contributed by atoms with Crippen LogP contribution < -0.4 is 15.4 Å². The van der Waals surface area contributed by atoms with Crippen LogP contribution in [0.4, 0.5) is 4.79 Å². The Hall–Kier alpha value is -2.36. The van der Waals surface area contributed by atoms with Gasteiger partial charge in [0.05, 0.1) is 6.61 Å². The van der Waals surface area contributed by atoms with Gasteiger partial charge in [0.15, 0.2) is 6.29 Å². The van der Waals surface area contributed by atoms with Crippen LogP contribution in [0, 0.1) is 0 Å². The molecule has 9 heteroatoms. The molecule has 1 aromatic carbocycles. The summed E-state index contributed by atoms with van der Waals surface area (Å²) in [4.78, 5) is 25.0. The molecule has 37 heavy (non-hydrogen) atoms. The van der Waals surface area contributed by atoms with Gasteiger partial charge in [0.1, 0.15) is 29.6 Å². The lowest BCUT2D eigenvalue weighted by Gasteiger charge is -2.26. The van der Waals surface area contributed by atoms with E-state index in [2.05, 4.69) is 10.6 Å². The van der Waals surface area contributed by atoms with E-state index in [9.17, 15) is 9.59 Å².